The highest BCUT2D eigenvalue weighted by molar-refractivity contribution is 6.08. The van der Waals surface area contributed by atoms with E-state index in [1.54, 1.807) is 6.08 Å². The molecule has 1 aliphatic rings. The standard InChI is InChI=1S/C25H32N4O/c1-3-29-23-8-5-4-7-21(23)22-19-20(9-11-24(22)29)10-12-25(30)26-13-6-14-28-17-15-27(2)16-18-28/h4-5,7-12,19H,3,6,13-18H2,1-2H3,(H,26,30). The molecule has 0 atom stereocenters. The lowest BCUT2D eigenvalue weighted by Crippen LogP contribution is -2.45. The van der Waals surface area contributed by atoms with Crippen molar-refractivity contribution in [2.45, 2.75) is 19.9 Å². The molecule has 0 radical (unpaired) electrons. The molecule has 5 nitrogen and oxygen atoms in total. The number of amides is 1. The lowest BCUT2D eigenvalue weighted by molar-refractivity contribution is -0.116. The zero-order valence-electron chi connectivity index (χ0n) is 18.1. The van der Waals surface area contributed by atoms with E-state index in [1.165, 1.54) is 21.8 Å². The van der Waals surface area contributed by atoms with Gasteiger partial charge >= 0.3 is 0 Å². The van der Waals surface area contributed by atoms with Gasteiger partial charge in [0.25, 0.3) is 0 Å². The lowest BCUT2D eigenvalue weighted by Gasteiger charge is -2.32. The molecule has 1 fully saturated rings. The summed E-state index contributed by atoms with van der Waals surface area (Å²) in [5.74, 6) is -0.0236. The fourth-order valence-electron chi connectivity index (χ4n) is 4.33. The van der Waals surface area contributed by atoms with E-state index in [0.717, 1.165) is 57.8 Å². The van der Waals surface area contributed by atoms with Gasteiger partial charge in [0.05, 0.1) is 0 Å². The summed E-state index contributed by atoms with van der Waals surface area (Å²) in [7, 11) is 2.17. The number of benzene rings is 2. The van der Waals surface area contributed by atoms with Crippen LogP contribution in [0.15, 0.2) is 48.5 Å². The first-order valence-corrected chi connectivity index (χ1v) is 11.0. The van der Waals surface area contributed by atoms with Crippen molar-refractivity contribution >= 4 is 33.8 Å². The number of nitrogens with one attached hydrogen (secondary N) is 1. The van der Waals surface area contributed by atoms with Crippen molar-refractivity contribution in [3.8, 4) is 0 Å². The lowest BCUT2D eigenvalue weighted by atomic mass is 10.1. The monoisotopic (exact) mass is 404 g/mol. The van der Waals surface area contributed by atoms with Crippen LogP contribution in [0.3, 0.4) is 0 Å². The van der Waals surface area contributed by atoms with Crippen molar-refractivity contribution in [2.24, 2.45) is 0 Å². The number of hydrogen-bond donors (Lipinski definition) is 1. The molecule has 1 aliphatic heterocycles. The molecule has 0 bridgehead atoms. The van der Waals surface area contributed by atoms with Gasteiger partial charge in [0.15, 0.2) is 0 Å². The topological polar surface area (TPSA) is 40.5 Å². The molecule has 1 amide bonds. The van der Waals surface area contributed by atoms with Gasteiger partial charge < -0.3 is 19.7 Å². The van der Waals surface area contributed by atoms with Crippen molar-refractivity contribution in [1.82, 2.24) is 19.7 Å². The third-order valence-corrected chi connectivity index (χ3v) is 6.09. The number of aromatic nitrogens is 1. The molecular weight excluding hydrogens is 372 g/mol. The first-order valence-electron chi connectivity index (χ1n) is 11.0. The summed E-state index contributed by atoms with van der Waals surface area (Å²) in [5.41, 5.74) is 3.55. The zero-order chi connectivity index (χ0) is 20.9. The molecule has 1 N–H and O–H groups in total. The smallest absolute Gasteiger partial charge is 0.243 e. The fraction of sp³-hybridized carbons (Fsp3) is 0.400. The Bertz CT molecular complexity index is 1040. The number of piperazine rings is 1. The van der Waals surface area contributed by atoms with Gasteiger partial charge in [-0.15, -0.1) is 0 Å². The maximum atomic E-state index is 12.2. The van der Waals surface area contributed by atoms with E-state index in [2.05, 4.69) is 76.1 Å². The number of nitrogens with zero attached hydrogens (tertiary/aromatic N) is 3. The van der Waals surface area contributed by atoms with Crippen LogP contribution < -0.4 is 5.32 Å². The van der Waals surface area contributed by atoms with Crippen LogP contribution in [0.5, 0.6) is 0 Å². The van der Waals surface area contributed by atoms with Gasteiger partial charge in [0.2, 0.25) is 5.91 Å². The van der Waals surface area contributed by atoms with Crippen molar-refractivity contribution in [3.05, 3.63) is 54.1 Å². The highest BCUT2D eigenvalue weighted by Gasteiger charge is 2.13. The Morgan fingerprint density at radius 1 is 1.03 bits per heavy atom. The minimum Gasteiger partial charge on any atom is -0.353 e. The average Bonchev–Trinajstić information content (AvgIpc) is 3.09. The van der Waals surface area contributed by atoms with E-state index in [4.69, 9.17) is 0 Å². The number of fused-ring (bicyclic) bond motifs is 3. The number of para-hydroxylation sites is 1. The van der Waals surface area contributed by atoms with Crippen LogP contribution in [0.25, 0.3) is 27.9 Å². The van der Waals surface area contributed by atoms with Crippen molar-refractivity contribution in [1.29, 1.82) is 0 Å². The summed E-state index contributed by atoms with van der Waals surface area (Å²) in [6, 6.07) is 14.9. The molecule has 4 rings (SSSR count). The highest BCUT2D eigenvalue weighted by Crippen LogP contribution is 2.29. The SMILES string of the molecule is CCn1c2ccccc2c2cc(C=CC(=O)NCCCN3CCN(C)CC3)ccc21. The molecule has 0 spiro atoms. The van der Waals surface area contributed by atoms with Crippen LogP contribution in [0, 0.1) is 0 Å². The number of hydrogen-bond acceptors (Lipinski definition) is 3. The van der Waals surface area contributed by atoms with E-state index in [-0.39, 0.29) is 5.91 Å². The Hall–Kier alpha value is -2.63. The van der Waals surface area contributed by atoms with Crippen LogP contribution in [-0.4, -0.2) is 66.6 Å². The van der Waals surface area contributed by atoms with Gasteiger partial charge in [-0.3, -0.25) is 4.79 Å². The van der Waals surface area contributed by atoms with E-state index < -0.39 is 0 Å². The highest BCUT2D eigenvalue weighted by atomic mass is 16.1. The van der Waals surface area contributed by atoms with Crippen LogP contribution in [0.4, 0.5) is 0 Å². The maximum Gasteiger partial charge on any atom is 0.243 e. The number of carbonyl (C=O) groups is 1. The third kappa shape index (κ3) is 4.58. The Labute approximate surface area is 178 Å². The van der Waals surface area contributed by atoms with Gasteiger partial charge in [-0.2, -0.15) is 0 Å². The molecule has 1 aromatic heterocycles. The minimum absolute atomic E-state index is 0.0236. The van der Waals surface area contributed by atoms with Gasteiger partial charge in [-0.05, 0) is 56.8 Å². The fourth-order valence-corrected chi connectivity index (χ4v) is 4.33. The Balaban J connectivity index is 1.34. The van der Waals surface area contributed by atoms with Crippen molar-refractivity contribution in [3.63, 3.8) is 0 Å². The van der Waals surface area contributed by atoms with Crippen LogP contribution in [0.1, 0.15) is 18.9 Å². The summed E-state index contributed by atoms with van der Waals surface area (Å²) < 4.78 is 2.34. The summed E-state index contributed by atoms with van der Waals surface area (Å²) in [4.78, 5) is 17.1. The molecule has 30 heavy (non-hydrogen) atoms. The van der Waals surface area contributed by atoms with E-state index in [0.29, 0.717) is 0 Å². The van der Waals surface area contributed by atoms with E-state index in [9.17, 15) is 4.79 Å². The number of rotatable bonds is 7. The van der Waals surface area contributed by atoms with E-state index in [1.807, 2.05) is 6.08 Å². The quantitative estimate of drug-likeness (QED) is 0.483. The molecule has 2 aromatic carbocycles. The number of carbonyl (C=O) groups excluding carboxylic acids is 1. The van der Waals surface area contributed by atoms with E-state index >= 15 is 0 Å². The molecule has 1 saturated heterocycles. The minimum atomic E-state index is -0.0236. The van der Waals surface area contributed by atoms with Crippen LogP contribution in [-0.2, 0) is 11.3 Å². The second kappa shape index (κ2) is 9.45. The Morgan fingerprint density at radius 3 is 2.60 bits per heavy atom. The second-order valence-corrected chi connectivity index (χ2v) is 8.16. The molecule has 158 valence electrons. The van der Waals surface area contributed by atoms with Gasteiger partial charge in [-0.1, -0.05) is 24.3 Å². The molecule has 3 aromatic rings. The summed E-state index contributed by atoms with van der Waals surface area (Å²) in [6.45, 7) is 9.41. The molecule has 0 aliphatic carbocycles. The largest absolute Gasteiger partial charge is 0.353 e. The van der Waals surface area contributed by atoms with Gasteiger partial charge in [0, 0.05) is 67.2 Å². The van der Waals surface area contributed by atoms with Gasteiger partial charge in [-0.25, -0.2) is 0 Å². The summed E-state index contributed by atoms with van der Waals surface area (Å²) >= 11 is 0. The second-order valence-electron chi connectivity index (χ2n) is 8.16. The van der Waals surface area contributed by atoms with Crippen molar-refractivity contribution in [2.75, 3.05) is 46.3 Å². The van der Waals surface area contributed by atoms with Crippen LogP contribution in [0.2, 0.25) is 0 Å². The Morgan fingerprint density at radius 2 is 1.80 bits per heavy atom. The molecule has 0 unspecified atom stereocenters. The van der Waals surface area contributed by atoms with Crippen molar-refractivity contribution < 1.29 is 4.79 Å². The predicted octanol–water partition coefficient (Wildman–Crippen LogP) is 3.58. The maximum absolute atomic E-state index is 12.2. The van der Waals surface area contributed by atoms with Gasteiger partial charge in [0.1, 0.15) is 0 Å². The molecule has 2 heterocycles. The summed E-state index contributed by atoms with van der Waals surface area (Å²) in [5, 5.41) is 5.51. The zero-order valence-corrected chi connectivity index (χ0v) is 18.1. The number of likely N-dealkylation sites (N-methyl/N-ethyl adjacent to an activating group) is 1. The van der Waals surface area contributed by atoms with Crippen LogP contribution >= 0.6 is 0 Å². The average molecular weight is 405 g/mol. The predicted molar refractivity (Wildman–Crippen MR) is 126 cm³/mol. The first kappa shape index (κ1) is 20.6. The molecule has 5 heteroatoms. The normalized spacial score (nSPS) is 16.1. The molecule has 0 saturated carbocycles. The Kier molecular flexibility index (Phi) is 6.50. The molecular formula is C25H32N4O. The number of aryl methyl sites for hydroxylation is 1. The third-order valence-electron chi connectivity index (χ3n) is 6.09. The summed E-state index contributed by atoms with van der Waals surface area (Å²) in [6.07, 6.45) is 4.55. The first-order chi connectivity index (χ1) is 14.7.